The van der Waals surface area contributed by atoms with Crippen LogP contribution in [0.5, 0.6) is 5.75 Å². The fourth-order valence-electron chi connectivity index (χ4n) is 2.06. The van der Waals surface area contributed by atoms with Crippen LogP contribution in [0.15, 0.2) is 41.3 Å². The maximum atomic E-state index is 5.68. The van der Waals surface area contributed by atoms with E-state index in [1.807, 2.05) is 30.3 Å². The fourth-order valence-corrected chi connectivity index (χ4v) is 7.94. The van der Waals surface area contributed by atoms with Gasteiger partial charge in [0.05, 0.1) is 0 Å². The van der Waals surface area contributed by atoms with Gasteiger partial charge in [-0.25, -0.2) is 0 Å². The van der Waals surface area contributed by atoms with Crippen molar-refractivity contribution in [2.75, 3.05) is 6.61 Å². The zero-order chi connectivity index (χ0) is 12.6. The van der Waals surface area contributed by atoms with Gasteiger partial charge in [-0.2, -0.15) is 0 Å². The quantitative estimate of drug-likeness (QED) is 0.664. The zero-order valence-corrected chi connectivity index (χ0v) is 13.4. The fraction of sp³-hybridized carbons (Fsp3) is 0.467. The van der Waals surface area contributed by atoms with Gasteiger partial charge in [0, 0.05) is 0 Å². The van der Waals surface area contributed by atoms with Crippen LogP contribution in [0.2, 0.25) is 15.8 Å². The number of ether oxygens (including phenoxy) is 1. The Hall–Kier alpha value is -0.697. The Balaban J connectivity index is 2.44. The summed E-state index contributed by atoms with van der Waals surface area (Å²) in [6.07, 6.45) is 2.24. The van der Waals surface area contributed by atoms with Crippen LogP contribution in [-0.2, 0) is 0 Å². The summed E-state index contributed by atoms with van der Waals surface area (Å²) in [6.45, 7) is 7.73. The zero-order valence-electron chi connectivity index (χ0n) is 11.3. The van der Waals surface area contributed by atoms with Crippen LogP contribution in [-0.4, -0.2) is 19.9 Å². The van der Waals surface area contributed by atoms with Gasteiger partial charge >= 0.3 is 108 Å². The Labute approximate surface area is 108 Å². The van der Waals surface area contributed by atoms with E-state index in [4.69, 9.17) is 4.74 Å². The normalized spacial score (nSPS) is 11.9. The molecule has 94 valence electrons. The summed E-state index contributed by atoms with van der Waals surface area (Å²) in [5.41, 5.74) is 0. The van der Waals surface area contributed by atoms with E-state index in [2.05, 4.69) is 31.8 Å². The van der Waals surface area contributed by atoms with Crippen LogP contribution in [0.3, 0.4) is 0 Å². The predicted octanol–water partition coefficient (Wildman–Crippen LogP) is 4.67. The second-order valence-electron chi connectivity index (χ2n) is 4.45. The Kier molecular flexibility index (Phi) is 6.42. The minimum absolute atomic E-state index is 0.705. The third-order valence-corrected chi connectivity index (χ3v) is 14.5. The van der Waals surface area contributed by atoms with Gasteiger partial charge in [-0.3, -0.25) is 0 Å². The molecule has 0 aliphatic carbocycles. The molecule has 0 N–H and O–H groups in total. The first-order chi connectivity index (χ1) is 8.26. The molecule has 0 aliphatic rings. The molecule has 1 aromatic carbocycles. The molecule has 0 radical (unpaired) electrons. The number of rotatable bonds is 7. The minimum atomic E-state index is -1.63. The molecule has 0 aliphatic heterocycles. The van der Waals surface area contributed by atoms with Gasteiger partial charge in [-0.1, -0.05) is 0 Å². The van der Waals surface area contributed by atoms with Gasteiger partial charge < -0.3 is 0 Å². The van der Waals surface area contributed by atoms with Gasteiger partial charge in [-0.05, 0) is 0 Å². The summed E-state index contributed by atoms with van der Waals surface area (Å²) in [6, 6.07) is 10.0. The van der Waals surface area contributed by atoms with Gasteiger partial charge in [0.25, 0.3) is 0 Å². The molecule has 0 aromatic heterocycles. The van der Waals surface area contributed by atoms with Crippen molar-refractivity contribution in [1.82, 2.24) is 0 Å². The maximum absolute atomic E-state index is 5.68. The molecule has 0 saturated carbocycles. The first kappa shape index (κ1) is 14.4. The van der Waals surface area contributed by atoms with Crippen molar-refractivity contribution in [2.24, 2.45) is 0 Å². The van der Waals surface area contributed by atoms with Crippen molar-refractivity contribution in [2.45, 2.75) is 36.5 Å². The Morgan fingerprint density at radius 1 is 1.00 bits per heavy atom. The summed E-state index contributed by atoms with van der Waals surface area (Å²) in [5, 5.41) is 4.15. The molecule has 0 saturated heterocycles. The number of para-hydroxylation sites is 1. The molecule has 0 fully saturated rings. The van der Waals surface area contributed by atoms with E-state index in [0.29, 0.717) is 6.61 Å². The first-order valence-corrected chi connectivity index (χ1v) is 12.3. The molecule has 1 aromatic rings. The van der Waals surface area contributed by atoms with E-state index < -0.39 is 13.3 Å². The molecule has 0 bridgehead atoms. The second-order valence-corrected chi connectivity index (χ2v) is 15.3. The third kappa shape index (κ3) is 4.59. The van der Waals surface area contributed by atoms with E-state index in [0.717, 1.165) is 5.75 Å². The van der Waals surface area contributed by atoms with Crippen molar-refractivity contribution < 1.29 is 4.74 Å². The van der Waals surface area contributed by atoms with Crippen molar-refractivity contribution in [1.29, 1.82) is 0 Å². The van der Waals surface area contributed by atoms with Gasteiger partial charge in [0.1, 0.15) is 0 Å². The molecule has 2 heteroatoms. The van der Waals surface area contributed by atoms with Crippen LogP contribution in [0.25, 0.3) is 0 Å². The van der Waals surface area contributed by atoms with Gasteiger partial charge in [0.2, 0.25) is 0 Å². The molecule has 0 spiro atoms. The van der Waals surface area contributed by atoms with E-state index >= 15 is 0 Å². The average molecular weight is 293 g/mol. The number of benzene rings is 1. The Bertz CT molecular complexity index is 320. The van der Waals surface area contributed by atoms with Crippen molar-refractivity contribution in [3.05, 3.63) is 41.3 Å². The molecular formula is C15H24GeO. The first-order valence-electron chi connectivity index (χ1n) is 6.62. The third-order valence-electron chi connectivity index (χ3n) is 3.67. The average Bonchev–Trinajstić information content (AvgIpc) is 2.41. The molecule has 1 rings (SSSR count). The standard InChI is InChI=1S/C15H24GeO/c1-4-16(5-2,6-3)13-10-14-17-15-11-8-7-9-12-15/h7-13H,4-6,14H2,1-3H3. The summed E-state index contributed by atoms with van der Waals surface area (Å²) >= 11 is -1.63. The summed E-state index contributed by atoms with van der Waals surface area (Å²) < 4.78 is 5.68. The van der Waals surface area contributed by atoms with E-state index in [1.165, 1.54) is 15.8 Å². The van der Waals surface area contributed by atoms with Crippen LogP contribution in [0.4, 0.5) is 0 Å². The van der Waals surface area contributed by atoms with Crippen LogP contribution >= 0.6 is 0 Å². The number of hydrogen-bond acceptors (Lipinski definition) is 1. The molecule has 0 amide bonds. The summed E-state index contributed by atoms with van der Waals surface area (Å²) in [5.74, 6) is 0.958. The van der Waals surface area contributed by atoms with Crippen molar-refractivity contribution in [3.63, 3.8) is 0 Å². The molecule has 0 unspecified atom stereocenters. The molecule has 1 nitrogen and oxygen atoms in total. The predicted molar refractivity (Wildman–Crippen MR) is 78.3 cm³/mol. The molecular weight excluding hydrogens is 269 g/mol. The SMILES string of the molecule is C[CH2][Ge]([CH]=CCOc1ccccc1)([CH2]C)[CH2]C. The van der Waals surface area contributed by atoms with Crippen molar-refractivity contribution in [3.8, 4) is 5.75 Å². The monoisotopic (exact) mass is 294 g/mol. The van der Waals surface area contributed by atoms with Crippen LogP contribution < -0.4 is 4.74 Å². The van der Waals surface area contributed by atoms with Crippen molar-refractivity contribution >= 4 is 13.3 Å². The molecule has 0 atom stereocenters. The summed E-state index contributed by atoms with van der Waals surface area (Å²) in [4.78, 5) is 2.52. The van der Waals surface area contributed by atoms with Crippen LogP contribution in [0.1, 0.15) is 20.8 Å². The molecule has 17 heavy (non-hydrogen) atoms. The van der Waals surface area contributed by atoms with E-state index in [9.17, 15) is 0 Å². The number of hydrogen-bond donors (Lipinski definition) is 0. The van der Waals surface area contributed by atoms with E-state index in [-0.39, 0.29) is 0 Å². The summed E-state index contributed by atoms with van der Waals surface area (Å²) in [7, 11) is 0. The topological polar surface area (TPSA) is 9.23 Å². The second kappa shape index (κ2) is 7.59. The van der Waals surface area contributed by atoms with Gasteiger partial charge in [-0.15, -0.1) is 0 Å². The van der Waals surface area contributed by atoms with E-state index in [1.54, 1.807) is 0 Å². The Morgan fingerprint density at radius 3 is 2.12 bits per heavy atom. The van der Waals surface area contributed by atoms with Crippen LogP contribution in [0, 0.1) is 0 Å². The molecule has 0 heterocycles. The van der Waals surface area contributed by atoms with Gasteiger partial charge in [0.15, 0.2) is 0 Å². The Morgan fingerprint density at radius 2 is 1.59 bits per heavy atom.